The first-order chi connectivity index (χ1) is 21.5. The highest BCUT2D eigenvalue weighted by atomic mass is 16.5. The highest BCUT2D eigenvalue weighted by Crippen LogP contribution is 2.45. The van der Waals surface area contributed by atoms with Crippen molar-refractivity contribution in [2.24, 2.45) is 0 Å². The molecule has 0 saturated carbocycles. The lowest BCUT2D eigenvalue weighted by Crippen LogP contribution is -2.55. The number of aromatic hydroxyl groups is 4. The minimum absolute atomic E-state index is 0.0347. The van der Waals surface area contributed by atoms with Crippen LogP contribution in [0.2, 0.25) is 0 Å². The van der Waals surface area contributed by atoms with Crippen molar-refractivity contribution in [2.45, 2.75) is 30.5 Å². The highest BCUT2D eigenvalue weighted by Gasteiger charge is 2.46. The summed E-state index contributed by atoms with van der Waals surface area (Å²) in [5, 5.41) is 80.7. The molecule has 8 N–H and O–H groups in total. The van der Waals surface area contributed by atoms with Gasteiger partial charge in [-0.25, -0.2) is 0 Å². The molecular formula is C32H26O13. The molecule has 3 heterocycles. The van der Waals surface area contributed by atoms with Gasteiger partial charge in [0.05, 0.1) is 28.3 Å². The highest BCUT2D eigenvalue weighted by molar-refractivity contribution is 5.96. The van der Waals surface area contributed by atoms with E-state index in [1.165, 1.54) is 0 Å². The van der Waals surface area contributed by atoms with E-state index in [0.717, 1.165) is 18.2 Å². The van der Waals surface area contributed by atoms with Crippen molar-refractivity contribution in [2.75, 3.05) is 6.61 Å². The summed E-state index contributed by atoms with van der Waals surface area (Å²) in [4.78, 5) is 24.9. The molecular weight excluding hydrogens is 592 g/mol. The topological polar surface area (TPSA) is 231 Å². The molecule has 45 heavy (non-hydrogen) atoms. The van der Waals surface area contributed by atoms with Crippen molar-refractivity contribution in [3.05, 3.63) is 92.7 Å². The number of fused-ring (bicyclic) bond motifs is 4. The van der Waals surface area contributed by atoms with E-state index in [4.69, 9.17) is 13.6 Å². The summed E-state index contributed by atoms with van der Waals surface area (Å²) < 4.78 is 16.4. The average Bonchev–Trinajstić information content (AvgIpc) is 3.02. The molecule has 0 amide bonds. The fourth-order valence-corrected chi connectivity index (χ4v) is 5.39. The van der Waals surface area contributed by atoms with Gasteiger partial charge in [-0.1, -0.05) is 24.3 Å². The lowest BCUT2D eigenvalue weighted by atomic mass is 9.89. The summed E-state index contributed by atoms with van der Waals surface area (Å²) in [5.74, 6) is -2.62. The van der Waals surface area contributed by atoms with Gasteiger partial charge < -0.3 is 54.4 Å². The van der Waals surface area contributed by atoms with Gasteiger partial charge in [0.2, 0.25) is 10.9 Å². The number of benzene rings is 4. The molecule has 0 aliphatic carbocycles. The lowest BCUT2D eigenvalue weighted by molar-refractivity contribution is -0.232. The molecule has 1 aliphatic rings. The molecule has 6 aromatic rings. The van der Waals surface area contributed by atoms with Gasteiger partial charge in [-0.05, 0) is 30.3 Å². The number of para-hydroxylation sites is 2. The molecule has 0 radical (unpaired) electrons. The molecule has 7 rings (SSSR count). The van der Waals surface area contributed by atoms with Gasteiger partial charge in [0.15, 0.2) is 11.5 Å². The molecule has 13 heteroatoms. The third-order valence-electron chi connectivity index (χ3n) is 7.71. The Balaban J connectivity index is 0.000000198. The van der Waals surface area contributed by atoms with Gasteiger partial charge in [-0.3, -0.25) is 9.59 Å². The van der Waals surface area contributed by atoms with E-state index in [2.05, 4.69) is 0 Å². The quantitative estimate of drug-likeness (QED) is 0.103. The molecule has 0 unspecified atom stereocenters. The number of rotatable bonds is 2. The first-order valence-electron chi connectivity index (χ1n) is 13.6. The van der Waals surface area contributed by atoms with Gasteiger partial charge in [-0.15, -0.1) is 0 Å². The van der Waals surface area contributed by atoms with Crippen LogP contribution in [0.3, 0.4) is 0 Å². The van der Waals surface area contributed by atoms with Crippen LogP contribution in [0, 0.1) is 0 Å². The normalized spacial score (nSPS) is 21.6. The van der Waals surface area contributed by atoms with Crippen molar-refractivity contribution >= 4 is 43.9 Å². The maximum Gasteiger partial charge on any atom is 0.204 e. The number of hydrogen-bond donors (Lipinski definition) is 8. The summed E-state index contributed by atoms with van der Waals surface area (Å²) in [6.07, 6.45) is -8.16. The third-order valence-corrected chi connectivity index (χ3v) is 7.71. The van der Waals surface area contributed by atoms with Crippen molar-refractivity contribution in [3.8, 4) is 23.0 Å². The number of aliphatic hydroxyl groups excluding tert-OH is 4. The van der Waals surface area contributed by atoms with Crippen LogP contribution in [-0.2, 0) is 4.74 Å². The lowest BCUT2D eigenvalue weighted by Gasteiger charge is -2.40. The minimum Gasteiger partial charge on any atom is -0.507 e. The van der Waals surface area contributed by atoms with Gasteiger partial charge in [-0.2, -0.15) is 0 Å². The predicted molar refractivity (Wildman–Crippen MR) is 159 cm³/mol. The Bertz CT molecular complexity index is 2140. The molecule has 5 atom stereocenters. The zero-order valence-electron chi connectivity index (χ0n) is 23.1. The molecule has 1 aliphatic heterocycles. The zero-order chi connectivity index (χ0) is 32.2. The van der Waals surface area contributed by atoms with Gasteiger partial charge in [0, 0.05) is 12.1 Å². The Morgan fingerprint density at radius 2 is 1.16 bits per heavy atom. The smallest absolute Gasteiger partial charge is 0.204 e. The Labute approximate surface area is 251 Å². The average molecular weight is 619 g/mol. The van der Waals surface area contributed by atoms with Gasteiger partial charge in [0.1, 0.15) is 69.7 Å². The van der Waals surface area contributed by atoms with Crippen molar-refractivity contribution < 1.29 is 54.4 Å². The second kappa shape index (κ2) is 11.4. The van der Waals surface area contributed by atoms with Crippen LogP contribution in [-0.4, -0.2) is 71.9 Å². The van der Waals surface area contributed by atoms with Crippen LogP contribution in [0.15, 0.2) is 85.2 Å². The molecule has 1 saturated heterocycles. The standard InChI is InChI=1S/C19H18O11.C13H8O2/c20-4-11-15(25)17(27)18(28)19(30-11)12-8(23)3-10-13(16(12)26)14(24)5-1-6(21)7(22)2-9(5)29-10;14-13-9-5-1-3-7-11(9)15-12-8-4-2-6-10(12)13/h1-3,11,15,17-23,25-28H,4H2;1-8H/t11-,15-,17+,18-,19+;/m1./s1. The second-order valence-electron chi connectivity index (χ2n) is 10.5. The molecule has 4 aromatic carbocycles. The maximum atomic E-state index is 12.9. The molecule has 13 nitrogen and oxygen atoms in total. The second-order valence-corrected chi connectivity index (χ2v) is 10.5. The number of hydrogen-bond acceptors (Lipinski definition) is 13. The SMILES string of the molecule is O=c1c2cc(O)c(O)cc2oc2cc(O)c([C@@H]3O[C@H](CO)[C@@H](O)[C@H](O)[C@H]3O)c(O)c12.O=c1c2ccccc2oc2ccccc12. The molecule has 1 fully saturated rings. The van der Waals surface area contributed by atoms with Crippen LogP contribution in [0.25, 0.3) is 43.9 Å². The van der Waals surface area contributed by atoms with Gasteiger partial charge >= 0.3 is 0 Å². The van der Waals surface area contributed by atoms with Crippen molar-refractivity contribution in [1.29, 1.82) is 0 Å². The first kappa shape index (κ1) is 29.9. The van der Waals surface area contributed by atoms with Crippen LogP contribution in [0.4, 0.5) is 0 Å². The van der Waals surface area contributed by atoms with E-state index in [0.29, 0.717) is 21.9 Å². The molecule has 232 valence electrons. The Kier molecular flexibility index (Phi) is 7.56. The maximum absolute atomic E-state index is 12.9. The Morgan fingerprint density at radius 3 is 1.78 bits per heavy atom. The van der Waals surface area contributed by atoms with Crippen molar-refractivity contribution in [3.63, 3.8) is 0 Å². The summed E-state index contributed by atoms with van der Waals surface area (Å²) in [7, 11) is 0. The molecule has 0 bridgehead atoms. The van der Waals surface area contributed by atoms with E-state index >= 15 is 0 Å². The fourth-order valence-electron chi connectivity index (χ4n) is 5.39. The number of ether oxygens (including phenoxy) is 1. The third kappa shape index (κ3) is 4.98. The monoisotopic (exact) mass is 618 g/mol. The van der Waals surface area contributed by atoms with E-state index in [1.54, 1.807) is 12.1 Å². The van der Waals surface area contributed by atoms with Gasteiger partial charge in [0.25, 0.3) is 0 Å². The van der Waals surface area contributed by atoms with Crippen LogP contribution < -0.4 is 10.9 Å². The summed E-state index contributed by atoms with van der Waals surface area (Å²) in [6, 6.07) is 17.5. The number of phenols is 4. The minimum atomic E-state index is -1.81. The summed E-state index contributed by atoms with van der Waals surface area (Å²) >= 11 is 0. The van der Waals surface area contributed by atoms with Crippen molar-refractivity contribution in [1.82, 2.24) is 0 Å². The van der Waals surface area contributed by atoms with Crippen LogP contribution in [0.1, 0.15) is 11.7 Å². The number of phenolic OH excluding ortho intramolecular Hbond substituents is 4. The zero-order valence-corrected chi connectivity index (χ0v) is 23.1. The molecule has 2 aromatic heterocycles. The number of aliphatic hydroxyl groups is 4. The van der Waals surface area contributed by atoms with E-state index in [1.807, 2.05) is 36.4 Å². The van der Waals surface area contributed by atoms with E-state index < -0.39 is 76.5 Å². The van der Waals surface area contributed by atoms with Crippen LogP contribution >= 0.6 is 0 Å². The van der Waals surface area contributed by atoms with E-state index in [9.17, 15) is 50.4 Å². The first-order valence-corrected chi connectivity index (χ1v) is 13.6. The Morgan fingerprint density at radius 1 is 0.600 bits per heavy atom. The Hall–Kier alpha value is -5.18. The van der Waals surface area contributed by atoms with E-state index in [-0.39, 0.29) is 22.0 Å². The predicted octanol–water partition coefficient (Wildman–Crippen LogP) is 2.23. The van der Waals surface area contributed by atoms with Crippen LogP contribution in [0.5, 0.6) is 23.0 Å². The summed E-state index contributed by atoms with van der Waals surface area (Å²) in [6.45, 7) is -0.730. The fraction of sp³-hybridized carbons (Fsp3) is 0.188. The summed E-state index contributed by atoms with van der Waals surface area (Å²) in [5.41, 5.74) is -0.350. The molecule has 0 spiro atoms. The largest absolute Gasteiger partial charge is 0.507 e.